The van der Waals surface area contributed by atoms with Crippen LogP contribution in [-0.4, -0.2) is 39.7 Å². The summed E-state index contributed by atoms with van der Waals surface area (Å²) in [6.45, 7) is 5.29. The van der Waals surface area contributed by atoms with Crippen LogP contribution >= 0.6 is 0 Å². The van der Waals surface area contributed by atoms with E-state index in [-0.39, 0.29) is 42.1 Å². The molecule has 2 N–H and O–H groups in total. The lowest BCUT2D eigenvalue weighted by Crippen LogP contribution is -2.46. The van der Waals surface area contributed by atoms with Crippen LogP contribution in [0.25, 0.3) is 5.57 Å². The fourth-order valence-electron chi connectivity index (χ4n) is 6.25. The number of hydrogen-bond acceptors (Lipinski definition) is 4. The Morgan fingerprint density at radius 3 is 2.67 bits per heavy atom. The number of benzene rings is 1. The minimum Gasteiger partial charge on any atom is -0.396 e. The van der Waals surface area contributed by atoms with Crippen molar-refractivity contribution in [2.75, 3.05) is 13.2 Å². The number of likely N-dealkylation sites (N-methyl/N-ethyl adjacent to an activating group) is 1. The molecule has 0 spiro atoms. The molecule has 3 aliphatic rings. The van der Waals surface area contributed by atoms with E-state index in [1.165, 1.54) is 0 Å². The van der Waals surface area contributed by atoms with Crippen molar-refractivity contribution in [2.24, 2.45) is 11.8 Å². The molecule has 33 heavy (non-hydrogen) atoms. The molecular weight excluding hydrogens is 414 g/mol. The van der Waals surface area contributed by atoms with E-state index in [1.807, 2.05) is 54.0 Å². The van der Waals surface area contributed by atoms with E-state index < -0.39 is 5.92 Å². The summed E-state index contributed by atoms with van der Waals surface area (Å²) in [6, 6.07) is 13.5. The lowest BCUT2D eigenvalue weighted by atomic mass is 9.86. The third-order valence-corrected chi connectivity index (χ3v) is 7.88. The van der Waals surface area contributed by atoms with Gasteiger partial charge in [0.05, 0.1) is 18.0 Å². The van der Waals surface area contributed by atoms with Crippen LogP contribution in [0.4, 0.5) is 0 Å². The Morgan fingerprint density at radius 1 is 1.21 bits per heavy atom. The van der Waals surface area contributed by atoms with Crippen LogP contribution in [0, 0.1) is 11.8 Å². The molecule has 0 radical (unpaired) electrons. The summed E-state index contributed by atoms with van der Waals surface area (Å²) in [5, 5.41) is 13.6. The van der Waals surface area contributed by atoms with Crippen LogP contribution in [0.1, 0.15) is 62.0 Å². The zero-order valence-electron chi connectivity index (χ0n) is 19.4. The third-order valence-electron chi connectivity index (χ3n) is 7.88. The number of hydrogen-bond donors (Lipinski definition) is 2. The van der Waals surface area contributed by atoms with Crippen LogP contribution in [0.5, 0.6) is 0 Å². The molecule has 0 unspecified atom stereocenters. The Balaban J connectivity index is 1.51. The molecule has 5 atom stereocenters. The second kappa shape index (κ2) is 8.92. The van der Waals surface area contributed by atoms with Gasteiger partial charge in [-0.25, -0.2) is 0 Å². The third kappa shape index (κ3) is 3.65. The molecule has 1 fully saturated rings. The number of allylic oxidation sites excluding steroid dienone is 2. The first-order valence-electron chi connectivity index (χ1n) is 12.2. The van der Waals surface area contributed by atoms with E-state index >= 15 is 0 Å². The highest BCUT2D eigenvalue weighted by Crippen LogP contribution is 2.48. The van der Waals surface area contributed by atoms with Crippen molar-refractivity contribution in [1.82, 2.24) is 14.8 Å². The average Bonchev–Trinajstić information content (AvgIpc) is 3.44. The minimum atomic E-state index is -0.407. The first-order valence-corrected chi connectivity index (χ1v) is 12.2. The maximum absolute atomic E-state index is 13.6. The minimum absolute atomic E-state index is 0.0363. The molecule has 0 saturated carbocycles. The summed E-state index contributed by atoms with van der Waals surface area (Å²) in [7, 11) is 0. The van der Waals surface area contributed by atoms with Crippen molar-refractivity contribution in [3.05, 3.63) is 75.7 Å². The van der Waals surface area contributed by atoms with Gasteiger partial charge in [-0.2, -0.15) is 0 Å². The highest BCUT2D eigenvalue weighted by atomic mass is 16.3. The molecule has 2 bridgehead atoms. The van der Waals surface area contributed by atoms with Crippen LogP contribution in [0.15, 0.2) is 53.3 Å². The van der Waals surface area contributed by atoms with Gasteiger partial charge in [0.1, 0.15) is 0 Å². The lowest BCUT2D eigenvalue weighted by Gasteiger charge is -2.37. The Kier molecular flexibility index (Phi) is 5.97. The normalized spacial score (nSPS) is 27.2. The van der Waals surface area contributed by atoms with Crippen LogP contribution in [0.2, 0.25) is 0 Å². The Labute approximate surface area is 194 Å². The number of aromatic nitrogens is 1. The summed E-state index contributed by atoms with van der Waals surface area (Å²) in [5.41, 5.74) is 3.92. The van der Waals surface area contributed by atoms with Gasteiger partial charge in [0.15, 0.2) is 0 Å². The molecule has 2 aliphatic heterocycles. The van der Waals surface area contributed by atoms with E-state index in [9.17, 15) is 14.7 Å². The molecule has 1 amide bonds. The summed E-state index contributed by atoms with van der Waals surface area (Å²) in [5.74, 6) is -0.679. The summed E-state index contributed by atoms with van der Waals surface area (Å²) in [4.78, 5) is 29.4. The molecule has 5 rings (SSSR count). The highest BCUT2D eigenvalue weighted by molar-refractivity contribution is 5.81. The number of fused-ring (bicyclic) bond motifs is 4. The predicted octanol–water partition coefficient (Wildman–Crippen LogP) is 3.28. The second-order valence-electron chi connectivity index (χ2n) is 9.57. The molecule has 6 nitrogen and oxygen atoms in total. The monoisotopic (exact) mass is 447 g/mol. The summed E-state index contributed by atoms with van der Waals surface area (Å²) >= 11 is 0. The van der Waals surface area contributed by atoms with E-state index in [2.05, 4.69) is 23.2 Å². The van der Waals surface area contributed by atoms with Crippen LogP contribution in [-0.2, 0) is 11.3 Å². The quantitative estimate of drug-likeness (QED) is 0.713. The zero-order chi connectivity index (χ0) is 23.1. The van der Waals surface area contributed by atoms with Crippen molar-refractivity contribution in [2.45, 2.75) is 57.8 Å². The number of amides is 1. The van der Waals surface area contributed by atoms with Gasteiger partial charge in [-0.05, 0) is 56.0 Å². The first kappa shape index (κ1) is 22.1. The zero-order valence-corrected chi connectivity index (χ0v) is 19.4. The Morgan fingerprint density at radius 2 is 2.00 bits per heavy atom. The average molecular weight is 448 g/mol. The van der Waals surface area contributed by atoms with Gasteiger partial charge in [0, 0.05) is 36.4 Å². The van der Waals surface area contributed by atoms with Gasteiger partial charge < -0.3 is 15.0 Å². The predicted molar refractivity (Wildman–Crippen MR) is 129 cm³/mol. The number of aliphatic hydroxyl groups excluding tert-OH is 1. The number of carbonyl (C=O) groups excluding carboxylic acids is 1. The number of nitrogens with one attached hydrogen (secondary N) is 1. The van der Waals surface area contributed by atoms with Crippen LogP contribution in [0.3, 0.4) is 0 Å². The molecule has 1 aliphatic carbocycles. The molecule has 1 aromatic heterocycles. The van der Waals surface area contributed by atoms with Gasteiger partial charge in [-0.1, -0.05) is 43.3 Å². The second-order valence-corrected chi connectivity index (χ2v) is 9.57. The number of nitrogens with zero attached hydrogens (tertiary/aromatic N) is 2. The molecule has 1 saturated heterocycles. The molecule has 174 valence electrons. The maximum Gasteiger partial charge on any atom is 0.258 e. The van der Waals surface area contributed by atoms with E-state index in [0.29, 0.717) is 6.54 Å². The topological polar surface area (TPSA) is 74.6 Å². The van der Waals surface area contributed by atoms with Gasteiger partial charge in [-0.15, -0.1) is 0 Å². The SMILES string of the molecule is CCN1[C@@H]2Cn3c(ccc(C4=CCCC4)c3=O)[C@H]1[C@@H](C(=O)N[C@@H](C)c1ccccc1)[C@@H]2CO. The van der Waals surface area contributed by atoms with Gasteiger partial charge in [0.2, 0.25) is 5.91 Å². The number of carbonyl (C=O) groups is 1. The standard InChI is InChI=1S/C27H33N3O3/c1-3-29-23-15-30-22(14-13-20(27(30)33)19-11-7-8-12-19)25(29)24(21(23)16-31)26(32)28-17(2)18-9-5-4-6-10-18/h4-6,9-11,13-14,17,21,23-25,31H,3,7-8,12,15-16H2,1-2H3,(H,28,32)/t17-,21+,23+,24-,25-/m0/s1. The lowest BCUT2D eigenvalue weighted by molar-refractivity contribution is -0.128. The Bertz CT molecular complexity index is 1120. The molecule has 3 heterocycles. The summed E-state index contributed by atoms with van der Waals surface area (Å²) < 4.78 is 1.88. The number of rotatable bonds is 6. The van der Waals surface area contributed by atoms with Gasteiger partial charge >= 0.3 is 0 Å². The van der Waals surface area contributed by atoms with Gasteiger partial charge in [0.25, 0.3) is 5.56 Å². The van der Waals surface area contributed by atoms with E-state index in [1.54, 1.807) is 0 Å². The number of pyridine rings is 1. The van der Waals surface area contributed by atoms with Crippen molar-refractivity contribution in [3.8, 4) is 0 Å². The van der Waals surface area contributed by atoms with E-state index in [0.717, 1.165) is 48.2 Å². The van der Waals surface area contributed by atoms with Crippen molar-refractivity contribution in [1.29, 1.82) is 0 Å². The van der Waals surface area contributed by atoms with Crippen LogP contribution < -0.4 is 10.9 Å². The summed E-state index contributed by atoms with van der Waals surface area (Å²) in [6.07, 6.45) is 5.25. The van der Waals surface area contributed by atoms with E-state index in [4.69, 9.17) is 0 Å². The Hall–Kier alpha value is -2.70. The smallest absolute Gasteiger partial charge is 0.258 e. The first-order chi connectivity index (χ1) is 16.0. The molecule has 2 aromatic rings. The van der Waals surface area contributed by atoms with Crippen molar-refractivity contribution >= 4 is 11.5 Å². The molecular formula is C27H33N3O3. The fourth-order valence-corrected chi connectivity index (χ4v) is 6.25. The van der Waals surface area contributed by atoms with Gasteiger partial charge in [-0.3, -0.25) is 14.5 Å². The number of aliphatic hydroxyl groups is 1. The fraction of sp³-hybridized carbons (Fsp3) is 0.481. The highest BCUT2D eigenvalue weighted by Gasteiger charge is 2.55. The van der Waals surface area contributed by atoms with Crippen molar-refractivity contribution < 1.29 is 9.90 Å². The largest absolute Gasteiger partial charge is 0.396 e. The molecule has 1 aromatic carbocycles. The molecule has 6 heteroatoms. The maximum atomic E-state index is 13.6. The van der Waals surface area contributed by atoms with Crippen molar-refractivity contribution in [3.63, 3.8) is 0 Å².